The molecule has 2 N–H and O–H groups in total. The number of carbonyl (C=O) groups excluding carboxylic acids is 1. The van der Waals surface area contributed by atoms with E-state index in [9.17, 15) is 14.7 Å². The van der Waals surface area contributed by atoms with Crippen molar-refractivity contribution in [3.63, 3.8) is 0 Å². The Kier molecular flexibility index (Phi) is 4.90. The van der Waals surface area contributed by atoms with Crippen LogP contribution in [0.4, 0.5) is 5.69 Å². The molecule has 0 saturated carbocycles. The lowest BCUT2D eigenvalue weighted by Crippen LogP contribution is -2.34. The van der Waals surface area contributed by atoms with Gasteiger partial charge in [-0.05, 0) is 49.2 Å². The smallest absolute Gasteiger partial charge is 0.276 e. The molecule has 4 aromatic rings. The van der Waals surface area contributed by atoms with Crippen LogP contribution < -0.4 is 10.5 Å². The summed E-state index contributed by atoms with van der Waals surface area (Å²) >= 11 is 0. The third kappa shape index (κ3) is 3.77. The van der Waals surface area contributed by atoms with Crippen LogP contribution >= 0.6 is 0 Å². The van der Waals surface area contributed by atoms with E-state index < -0.39 is 0 Å². The maximum Gasteiger partial charge on any atom is 0.276 e. The van der Waals surface area contributed by atoms with E-state index in [1.807, 2.05) is 23.8 Å². The zero-order valence-corrected chi connectivity index (χ0v) is 15.9. The normalized spacial score (nSPS) is 11.1. The van der Waals surface area contributed by atoms with Gasteiger partial charge in [0.15, 0.2) is 0 Å². The fourth-order valence-corrected chi connectivity index (χ4v) is 3.37. The van der Waals surface area contributed by atoms with Crippen molar-refractivity contribution >= 4 is 17.2 Å². The number of aromatic amines is 1. The number of carbonyl (C=O) groups is 1. The van der Waals surface area contributed by atoms with Gasteiger partial charge in [0.25, 0.3) is 11.5 Å². The lowest BCUT2D eigenvalue weighted by atomic mass is 10.2. The third-order valence-electron chi connectivity index (χ3n) is 4.76. The molecular formula is C21H21N5O3. The number of hydrogen-bond donors (Lipinski definition) is 2. The molecule has 0 fully saturated rings. The molecule has 3 heterocycles. The number of benzene rings is 1. The van der Waals surface area contributed by atoms with Gasteiger partial charge >= 0.3 is 0 Å². The van der Waals surface area contributed by atoms with E-state index in [0.717, 1.165) is 5.56 Å². The largest absolute Gasteiger partial charge is 0.508 e. The monoisotopic (exact) mass is 391 g/mol. The van der Waals surface area contributed by atoms with E-state index in [1.165, 1.54) is 22.6 Å². The van der Waals surface area contributed by atoms with Crippen molar-refractivity contribution in [2.45, 2.75) is 19.9 Å². The summed E-state index contributed by atoms with van der Waals surface area (Å²) in [7, 11) is 0. The summed E-state index contributed by atoms with van der Waals surface area (Å²) in [5.41, 5.74) is 2.05. The Morgan fingerprint density at radius 1 is 1.24 bits per heavy atom. The second-order valence-electron chi connectivity index (χ2n) is 6.89. The Labute approximate surface area is 166 Å². The Balaban J connectivity index is 1.67. The van der Waals surface area contributed by atoms with E-state index in [4.69, 9.17) is 0 Å². The van der Waals surface area contributed by atoms with Crippen LogP contribution in [0.5, 0.6) is 5.75 Å². The number of anilines is 1. The Bertz CT molecular complexity index is 1190. The van der Waals surface area contributed by atoms with Crippen LogP contribution in [-0.2, 0) is 6.54 Å². The number of amides is 1. The highest BCUT2D eigenvalue weighted by Gasteiger charge is 2.22. The van der Waals surface area contributed by atoms with Gasteiger partial charge in [-0.15, -0.1) is 0 Å². The van der Waals surface area contributed by atoms with Crippen molar-refractivity contribution in [3.05, 3.63) is 82.9 Å². The highest BCUT2D eigenvalue weighted by Crippen LogP contribution is 2.21. The number of fused-ring (bicyclic) bond motifs is 1. The van der Waals surface area contributed by atoms with Crippen molar-refractivity contribution in [2.75, 3.05) is 11.4 Å². The summed E-state index contributed by atoms with van der Waals surface area (Å²) in [6.07, 6.45) is 7.56. The van der Waals surface area contributed by atoms with E-state index in [-0.39, 0.29) is 22.9 Å². The minimum Gasteiger partial charge on any atom is -0.508 e. The van der Waals surface area contributed by atoms with Crippen LogP contribution in [0.25, 0.3) is 5.65 Å². The first-order chi connectivity index (χ1) is 14.0. The average Bonchev–Trinajstić information content (AvgIpc) is 3.35. The molecule has 29 heavy (non-hydrogen) atoms. The van der Waals surface area contributed by atoms with Gasteiger partial charge in [0.1, 0.15) is 17.1 Å². The minimum absolute atomic E-state index is 0.123. The van der Waals surface area contributed by atoms with Gasteiger partial charge < -0.3 is 19.6 Å². The zero-order valence-electron chi connectivity index (χ0n) is 15.9. The number of nitrogens with one attached hydrogen (secondary N) is 1. The standard InChI is InChI=1S/C21H21N5O3/c1-15-11-19-23-13-18(26(19)20(28)12-15)21(29)25(16-3-5-17(27)6-4-16)9-2-8-24-10-7-22-14-24/h3-7,10-14,23,27H,2,8-9H2,1H3. The second kappa shape index (κ2) is 7.67. The van der Waals surface area contributed by atoms with Gasteiger partial charge in [0.2, 0.25) is 0 Å². The van der Waals surface area contributed by atoms with Crippen molar-refractivity contribution in [1.29, 1.82) is 0 Å². The molecular weight excluding hydrogens is 370 g/mol. The Morgan fingerprint density at radius 3 is 2.76 bits per heavy atom. The number of pyridine rings is 1. The Hall–Kier alpha value is -3.81. The molecule has 0 saturated heterocycles. The Morgan fingerprint density at radius 2 is 2.03 bits per heavy atom. The summed E-state index contributed by atoms with van der Waals surface area (Å²) in [6.45, 7) is 2.98. The number of aromatic nitrogens is 4. The summed E-state index contributed by atoms with van der Waals surface area (Å²) in [5.74, 6) is -0.170. The molecule has 0 radical (unpaired) electrons. The number of imidazole rings is 2. The average molecular weight is 391 g/mol. The van der Waals surface area contributed by atoms with Gasteiger partial charge in [0.05, 0.1) is 6.33 Å². The number of phenolic OH excluding ortho intramolecular Hbond substituents is 1. The molecule has 0 aliphatic carbocycles. The number of aromatic hydroxyl groups is 1. The van der Waals surface area contributed by atoms with Crippen molar-refractivity contribution < 1.29 is 9.90 Å². The molecule has 8 nitrogen and oxygen atoms in total. The van der Waals surface area contributed by atoms with Gasteiger partial charge in [0, 0.05) is 43.4 Å². The first-order valence-electron chi connectivity index (χ1n) is 9.30. The molecule has 0 bridgehead atoms. The summed E-state index contributed by atoms with van der Waals surface area (Å²) < 4.78 is 3.33. The van der Waals surface area contributed by atoms with E-state index in [2.05, 4.69) is 9.97 Å². The van der Waals surface area contributed by atoms with Crippen LogP contribution in [0.1, 0.15) is 22.5 Å². The zero-order chi connectivity index (χ0) is 20.4. The topological polar surface area (TPSA) is 95.6 Å². The quantitative estimate of drug-likeness (QED) is 0.528. The highest BCUT2D eigenvalue weighted by atomic mass is 16.3. The molecule has 0 aliphatic rings. The maximum atomic E-state index is 13.4. The SMILES string of the molecule is Cc1cc(=O)n2c(C(=O)N(CCCn3ccnc3)c3ccc(O)cc3)c[nH]c2c1. The van der Waals surface area contributed by atoms with Crippen molar-refractivity contribution in [3.8, 4) is 5.75 Å². The summed E-state index contributed by atoms with van der Waals surface area (Å²) in [6, 6.07) is 9.77. The molecule has 0 aliphatic heterocycles. The van der Waals surface area contributed by atoms with E-state index in [0.29, 0.717) is 30.8 Å². The molecule has 1 aromatic carbocycles. The second-order valence-corrected chi connectivity index (χ2v) is 6.89. The molecule has 148 valence electrons. The number of rotatable bonds is 6. The van der Waals surface area contributed by atoms with Crippen LogP contribution in [0.2, 0.25) is 0 Å². The van der Waals surface area contributed by atoms with Crippen LogP contribution in [0.15, 0.2) is 66.1 Å². The third-order valence-corrected chi connectivity index (χ3v) is 4.76. The predicted octanol–water partition coefficient (Wildman–Crippen LogP) is 2.58. The van der Waals surface area contributed by atoms with Crippen LogP contribution in [0, 0.1) is 6.92 Å². The lowest BCUT2D eigenvalue weighted by molar-refractivity contribution is 0.0980. The van der Waals surface area contributed by atoms with Crippen molar-refractivity contribution in [2.24, 2.45) is 0 Å². The highest BCUT2D eigenvalue weighted by molar-refractivity contribution is 6.05. The fourth-order valence-electron chi connectivity index (χ4n) is 3.37. The number of hydrogen-bond acceptors (Lipinski definition) is 4. The number of nitrogens with zero attached hydrogens (tertiary/aromatic N) is 4. The van der Waals surface area contributed by atoms with Gasteiger partial charge in [-0.2, -0.15) is 0 Å². The fraction of sp³-hybridized carbons (Fsp3) is 0.190. The minimum atomic E-state index is -0.293. The molecule has 3 aromatic heterocycles. The number of phenols is 1. The molecule has 0 atom stereocenters. The first kappa shape index (κ1) is 18.5. The first-order valence-corrected chi connectivity index (χ1v) is 9.30. The van der Waals surface area contributed by atoms with Crippen molar-refractivity contribution in [1.82, 2.24) is 18.9 Å². The van der Waals surface area contributed by atoms with E-state index in [1.54, 1.807) is 35.8 Å². The lowest BCUT2D eigenvalue weighted by Gasteiger charge is -2.23. The van der Waals surface area contributed by atoms with Crippen LogP contribution in [-0.4, -0.2) is 36.5 Å². The number of H-pyrrole nitrogens is 1. The predicted molar refractivity (Wildman–Crippen MR) is 109 cm³/mol. The molecule has 4 rings (SSSR count). The van der Waals surface area contributed by atoms with Gasteiger partial charge in [-0.3, -0.25) is 14.0 Å². The molecule has 0 spiro atoms. The molecule has 0 unspecified atom stereocenters. The summed E-state index contributed by atoms with van der Waals surface area (Å²) in [4.78, 5) is 34.5. The molecule has 1 amide bonds. The molecule has 8 heteroatoms. The van der Waals surface area contributed by atoms with Gasteiger partial charge in [-0.25, -0.2) is 4.98 Å². The number of aryl methyl sites for hydroxylation is 2. The van der Waals surface area contributed by atoms with Crippen LogP contribution in [0.3, 0.4) is 0 Å². The van der Waals surface area contributed by atoms with Gasteiger partial charge in [-0.1, -0.05) is 0 Å². The summed E-state index contributed by atoms with van der Waals surface area (Å²) in [5, 5.41) is 9.60. The maximum absolute atomic E-state index is 13.4. The van der Waals surface area contributed by atoms with E-state index >= 15 is 0 Å².